The molecule has 0 spiro atoms. The molecule has 1 aromatic rings. The van der Waals surface area contributed by atoms with Crippen LogP contribution in [0.25, 0.3) is 0 Å². The predicted molar refractivity (Wildman–Crippen MR) is 62.6 cm³/mol. The molecule has 0 aliphatic carbocycles. The van der Waals surface area contributed by atoms with E-state index in [4.69, 9.17) is 9.47 Å². The molecule has 9 heteroatoms. The first-order chi connectivity index (χ1) is 8.67. The molecule has 0 fully saturated rings. The Labute approximate surface area is 107 Å². The molecule has 0 atom stereocenters. The van der Waals surface area contributed by atoms with Crippen molar-refractivity contribution in [3.05, 3.63) is 5.82 Å². The second kappa shape index (κ2) is 7.69. The average molecular weight is 275 g/mol. The minimum absolute atomic E-state index is 0.0851. The summed E-state index contributed by atoms with van der Waals surface area (Å²) in [5, 5.41) is 2.67. The van der Waals surface area contributed by atoms with Crippen LogP contribution in [-0.4, -0.2) is 55.3 Å². The molecular formula is C9H13N3O5S. The molecule has 100 valence electrons. The van der Waals surface area contributed by atoms with Crippen molar-refractivity contribution in [1.29, 1.82) is 0 Å². The summed E-state index contributed by atoms with van der Waals surface area (Å²) in [6, 6.07) is 0. The first-order valence-electron chi connectivity index (χ1n) is 4.96. The first kappa shape index (κ1) is 14.5. The van der Waals surface area contributed by atoms with Crippen LogP contribution in [0, 0.1) is 0 Å². The van der Waals surface area contributed by atoms with Gasteiger partial charge in [-0.15, -0.1) is 0 Å². The maximum Gasteiger partial charge on any atom is 0.377 e. The lowest BCUT2D eigenvalue weighted by atomic mass is 10.6. The Kier molecular flexibility index (Phi) is 6.19. The lowest BCUT2D eigenvalue weighted by Gasteiger charge is -2.02. The summed E-state index contributed by atoms with van der Waals surface area (Å²) in [6.45, 7) is 0.628. The SMILES string of the molecule is COCCOCC(=O)Nc1nc(C(=O)OC)ns1. The molecule has 0 aliphatic heterocycles. The van der Waals surface area contributed by atoms with Crippen LogP contribution in [0.5, 0.6) is 0 Å². The Morgan fingerprint density at radius 1 is 1.33 bits per heavy atom. The fourth-order valence-electron chi connectivity index (χ4n) is 0.911. The highest BCUT2D eigenvalue weighted by Crippen LogP contribution is 2.11. The van der Waals surface area contributed by atoms with Gasteiger partial charge in [-0.05, 0) is 0 Å². The number of ether oxygens (including phenoxy) is 3. The standard InChI is InChI=1S/C9H13N3O5S/c1-15-3-4-17-5-6(13)10-9-11-7(12-18-9)8(14)16-2/h3-5H2,1-2H3,(H,10,11,12,13). The fourth-order valence-corrected chi connectivity index (χ4v) is 1.49. The Morgan fingerprint density at radius 3 is 2.78 bits per heavy atom. The quantitative estimate of drug-likeness (QED) is 0.549. The molecule has 1 heterocycles. The Balaban J connectivity index is 2.35. The van der Waals surface area contributed by atoms with Gasteiger partial charge in [0.25, 0.3) is 11.7 Å². The smallest absolute Gasteiger partial charge is 0.377 e. The molecule has 0 unspecified atom stereocenters. The van der Waals surface area contributed by atoms with E-state index < -0.39 is 5.97 Å². The summed E-state index contributed by atoms with van der Waals surface area (Å²) in [5.74, 6) is -1.11. The summed E-state index contributed by atoms with van der Waals surface area (Å²) in [5.41, 5.74) is 0. The largest absolute Gasteiger partial charge is 0.463 e. The van der Waals surface area contributed by atoms with Gasteiger partial charge in [0, 0.05) is 18.6 Å². The molecule has 8 nitrogen and oxygen atoms in total. The number of hydrogen-bond donors (Lipinski definition) is 1. The minimum atomic E-state index is -0.650. The summed E-state index contributed by atoms with van der Waals surface area (Å²) in [7, 11) is 2.77. The maximum absolute atomic E-state index is 11.4. The molecule has 1 N–H and O–H groups in total. The van der Waals surface area contributed by atoms with Crippen LogP contribution in [-0.2, 0) is 19.0 Å². The van der Waals surface area contributed by atoms with Gasteiger partial charge in [-0.3, -0.25) is 10.1 Å². The molecule has 0 bridgehead atoms. The number of methoxy groups -OCH3 is 2. The minimum Gasteiger partial charge on any atom is -0.463 e. The van der Waals surface area contributed by atoms with Crippen molar-refractivity contribution >= 4 is 28.5 Å². The van der Waals surface area contributed by atoms with Gasteiger partial charge in [0.1, 0.15) is 6.61 Å². The van der Waals surface area contributed by atoms with E-state index in [1.165, 1.54) is 7.11 Å². The molecule has 0 radical (unpaired) electrons. The van der Waals surface area contributed by atoms with Crippen molar-refractivity contribution in [2.45, 2.75) is 0 Å². The van der Waals surface area contributed by atoms with E-state index >= 15 is 0 Å². The number of amides is 1. The Morgan fingerprint density at radius 2 is 2.11 bits per heavy atom. The second-order valence-corrected chi connectivity index (χ2v) is 3.76. The molecule has 0 saturated heterocycles. The molecular weight excluding hydrogens is 262 g/mol. The van der Waals surface area contributed by atoms with Crippen molar-refractivity contribution < 1.29 is 23.8 Å². The lowest BCUT2D eigenvalue weighted by molar-refractivity contribution is -0.121. The van der Waals surface area contributed by atoms with E-state index in [1.54, 1.807) is 7.11 Å². The van der Waals surface area contributed by atoms with Crippen LogP contribution in [0.3, 0.4) is 0 Å². The monoisotopic (exact) mass is 275 g/mol. The highest BCUT2D eigenvalue weighted by Gasteiger charge is 2.14. The fraction of sp³-hybridized carbons (Fsp3) is 0.556. The Bertz CT molecular complexity index is 409. The van der Waals surface area contributed by atoms with Crippen molar-refractivity contribution in [1.82, 2.24) is 9.36 Å². The summed E-state index contributed by atoms with van der Waals surface area (Å²) in [4.78, 5) is 26.2. The van der Waals surface area contributed by atoms with Crippen LogP contribution in [0.4, 0.5) is 5.13 Å². The van der Waals surface area contributed by atoms with E-state index in [-0.39, 0.29) is 23.5 Å². The second-order valence-electron chi connectivity index (χ2n) is 3.01. The number of hydrogen-bond acceptors (Lipinski definition) is 8. The van der Waals surface area contributed by atoms with Crippen LogP contribution < -0.4 is 5.32 Å². The third-order valence-corrected chi connectivity index (χ3v) is 2.34. The number of anilines is 1. The molecule has 0 aliphatic rings. The van der Waals surface area contributed by atoms with E-state index in [2.05, 4.69) is 19.4 Å². The van der Waals surface area contributed by atoms with Crippen LogP contribution in [0.1, 0.15) is 10.6 Å². The van der Waals surface area contributed by atoms with E-state index in [9.17, 15) is 9.59 Å². The summed E-state index contributed by atoms with van der Waals surface area (Å²) >= 11 is 0.891. The van der Waals surface area contributed by atoms with Crippen LogP contribution >= 0.6 is 11.5 Å². The first-order valence-corrected chi connectivity index (χ1v) is 5.73. The van der Waals surface area contributed by atoms with Crippen molar-refractivity contribution in [3.63, 3.8) is 0 Å². The predicted octanol–water partition coefficient (Wildman–Crippen LogP) is -0.0738. The molecule has 1 aromatic heterocycles. The highest BCUT2D eigenvalue weighted by molar-refractivity contribution is 7.10. The Hall–Kier alpha value is -1.58. The van der Waals surface area contributed by atoms with Gasteiger partial charge in [-0.25, -0.2) is 4.79 Å². The third-order valence-electron chi connectivity index (χ3n) is 1.71. The van der Waals surface area contributed by atoms with Gasteiger partial charge in [-0.2, -0.15) is 9.36 Å². The number of aromatic nitrogens is 2. The number of carbonyl (C=O) groups excluding carboxylic acids is 2. The molecule has 0 aromatic carbocycles. The summed E-state index contributed by atoms with van der Waals surface area (Å²) < 4.78 is 17.9. The topological polar surface area (TPSA) is 99.6 Å². The molecule has 1 amide bonds. The zero-order chi connectivity index (χ0) is 13.4. The molecule has 0 saturated carbocycles. The molecule has 18 heavy (non-hydrogen) atoms. The maximum atomic E-state index is 11.4. The van der Waals surface area contributed by atoms with Crippen molar-refractivity contribution in [2.24, 2.45) is 0 Å². The normalized spacial score (nSPS) is 10.1. The molecule has 1 rings (SSSR count). The number of nitrogens with one attached hydrogen (secondary N) is 1. The number of carbonyl (C=O) groups is 2. The van der Waals surface area contributed by atoms with E-state index in [1.807, 2.05) is 0 Å². The van der Waals surface area contributed by atoms with Crippen LogP contribution in [0.2, 0.25) is 0 Å². The van der Waals surface area contributed by atoms with Gasteiger partial charge in [0.15, 0.2) is 0 Å². The van der Waals surface area contributed by atoms with E-state index in [0.29, 0.717) is 13.2 Å². The average Bonchev–Trinajstić information content (AvgIpc) is 2.82. The number of esters is 1. The van der Waals surface area contributed by atoms with Crippen LogP contribution in [0.15, 0.2) is 0 Å². The van der Waals surface area contributed by atoms with Crippen molar-refractivity contribution in [3.8, 4) is 0 Å². The third kappa shape index (κ3) is 4.73. The van der Waals surface area contributed by atoms with Gasteiger partial charge in [0.2, 0.25) is 5.13 Å². The lowest BCUT2D eigenvalue weighted by Crippen LogP contribution is -2.19. The van der Waals surface area contributed by atoms with Gasteiger partial charge in [-0.1, -0.05) is 0 Å². The van der Waals surface area contributed by atoms with Gasteiger partial charge < -0.3 is 14.2 Å². The zero-order valence-corrected chi connectivity index (χ0v) is 10.8. The zero-order valence-electron chi connectivity index (χ0n) is 9.97. The number of rotatable bonds is 7. The summed E-state index contributed by atoms with van der Waals surface area (Å²) in [6.07, 6.45) is 0. The van der Waals surface area contributed by atoms with Gasteiger partial charge in [0.05, 0.1) is 20.3 Å². The highest BCUT2D eigenvalue weighted by atomic mass is 32.1. The van der Waals surface area contributed by atoms with Gasteiger partial charge >= 0.3 is 5.97 Å². The number of nitrogens with zero attached hydrogens (tertiary/aromatic N) is 2. The van der Waals surface area contributed by atoms with E-state index in [0.717, 1.165) is 11.5 Å². The van der Waals surface area contributed by atoms with Crippen molar-refractivity contribution in [2.75, 3.05) is 39.4 Å².